The molecular formula is C28H23N3O5. The number of aliphatic hydroxyl groups is 1. The van der Waals surface area contributed by atoms with E-state index in [-0.39, 0.29) is 17.2 Å². The topological polar surface area (TPSA) is 112 Å². The third-order valence-corrected chi connectivity index (χ3v) is 6.19. The highest BCUT2D eigenvalue weighted by Gasteiger charge is 2.48. The van der Waals surface area contributed by atoms with E-state index in [4.69, 9.17) is 4.74 Å². The molecule has 3 N–H and O–H groups in total. The van der Waals surface area contributed by atoms with Crippen molar-refractivity contribution in [2.45, 2.75) is 13.0 Å². The maximum absolute atomic E-state index is 13.4. The van der Waals surface area contributed by atoms with Gasteiger partial charge in [-0.05, 0) is 36.4 Å². The Morgan fingerprint density at radius 2 is 1.69 bits per heavy atom. The number of aromatic nitrogens is 1. The Morgan fingerprint density at radius 3 is 2.42 bits per heavy atom. The molecule has 0 radical (unpaired) electrons. The Morgan fingerprint density at radius 1 is 1.00 bits per heavy atom. The number of ether oxygens (including phenoxy) is 1. The van der Waals surface area contributed by atoms with Crippen molar-refractivity contribution in [2.24, 2.45) is 0 Å². The molecular weight excluding hydrogens is 458 g/mol. The van der Waals surface area contributed by atoms with Gasteiger partial charge in [-0.2, -0.15) is 0 Å². The van der Waals surface area contributed by atoms with Crippen molar-refractivity contribution in [3.8, 4) is 5.75 Å². The molecule has 1 fully saturated rings. The molecule has 5 rings (SSSR count). The Kier molecular flexibility index (Phi) is 5.77. The predicted octanol–water partition coefficient (Wildman–Crippen LogP) is 4.76. The molecule has 0 aliphatic carbocycles. The van der Waals surface area contributed by atoms with Gasteiger partial charge in [-0.1, -0.05) is 36.4 Å². The molecule has 1 unspecified atom stereocenters. The van der Waals surface area contributed by atoms with E-state index >= 15 is 0 Å². The second-order valence-corrected chi connectivity index (χ2v) is 8.39. The monoisotopic (exact) mass is 481 g/mol. The van der Waals surface area contributed by atoms with Crippen molar-refractivity contribution in [2.75, 3.05) is 17.3 Å². The predicted molar refractivity (Wildman–Crippen MR) is 137 cm³/mol. The molecule has 2 heterocycles. The average Bonchev–Trinajstić information content (AvgIpc) is 3.43. The third kappa shape index (κ3) is 3.78. The molecule has 36 heavy (non-hydrogen) atoms. The Hall–Kier alpha value is -4.85. The largest absolute Gasteiger partial charge is 0.507 e. The number of ketones is 1. The van der Waals surface area contributed by atoms with Crippen molar-refractivity contribution in [1.82, 2.24) is 4.98 Å². The standard InChI is InChI=1S/C28H23N3O5/c1-16(32)30-17-11-13-18(14-12-17)31-25(20-8-4-6-10-23(20)36-2)24(27(34)28(31)35)26(33)21-15-29-22-9-5-3-7-19(21)22/h3-15,25,29,33H,1-2H3,(H,30,32)/b26-24+. The second-order valence-electron chi connectivity index (χ2n) is 8.39. The number of fused-ring (bicyclic) bond motifs is 1. The van der Waals surface area contributed by atoms with E-state index in [1.54, 1.807) is 54.7 Å². The van der Waals surface area contributed by atoms with Gasteiger partial charge < -0.3 is 20.1 Å². The highest BCUT2D eigenvalue weighted by molar-refractivity contribution is 6.52. The van der Waals surface area contributed by atoms with Crippen LogP contribution < -0.4 is 15.0 Å². The van der Waals surface area contributed by atoms with Crippen molar-refractivity contribution in [3.05, 3.63) is 95.7 Å². The molecule has 0 spiro atoms. The zero-order valence-corrected chi connectivity index (χ0v) is 19.6. The van der Waals surface area contributed by atoms with Crippen LogP contribution in [0.3, 0.4) is 0 Å². The first kappa shape index (κ1) is 22.9. The number of aromatic amines is 1. The number of nitrogens with zero attached hydrogens (tertiary/aromatic N) is 1. The van der Waals surface area contributed by atoms with Crippen molar-refractivity contribution >= 4 is 45.6 Å². The number of benzene rings is 3. The summed E-state index contributed by atoms with van der Waals surface area (Å²) in [6, 6.07) is 20.1. The summed E-state index contributed by atoms with van der Waals surface area (Å²) in [5, 5.41) is 14.9. The van der Waals surface area contributed by atoms with E-state index in [9.17, 15) is 19.5 Å². The van der Waals surface area contributed by atoms with Crippen LogP contribution in [-0.2, 0) is 14.4 Å². The summed E-state index contributed by atoms with van der Waals surface area (Å²) in [6.45, 7) is 1.40. The zero-order valence-electron chi connectivity index (χ0n) is 19.6. The number of anilines is 2. The van der Waals surface area contributed by atoms with Crippen LogP contribution in [0.25, 0.3) is 16.7 Å². The minimum atomic E-state index is -0.943. The lowest BCUT2D eigenvalue weighted by Gasteiger charge is -2.26. The van der Waals surface area contributed by atoms with Gasteiger partial charge >= 0.3 is 0 Å². The van der Waals surface area contributed by atoms with Gasteiger partial charge in [0.15, 0.2) is 0 Å². The van der Waals surface area contributed by atoms with Crippen LogP contribution in [0.1, 0.15) is 24.1 Å². The quantitative estimate of drug-likeness (QED) is 0.216. The fourth-order valence-corrected chi connectivity index (χ4v) is 4.61. The molecule has 0 saturated carbocycles. The normalized spacial score (nSPS) is 16.9. The number of rotatable bonds is 5. The molecule has 8 nitrogen and oxygen atoms in total. The minimum Gasteiger partial charge on any atom is -0.507 e. The van der Waals surface area contributed by atoms with Gasteiger partial charge in [0, 0.05) is 46.5 Å². The number of hydrogen-bond acceptors (Lipinski definition) is 5. The summed E-state index contributed by atoms with van der Waals surface area (Å²) < 4.78 is 5.56. The highest BCUT2D eigenvalue weighted by atomic mass is 16.5. The lowest BCUT2D eigenvalue weighted by Crippen LogP contribution is -2.29. The number of Topliss-reactive ketones (excluding diaryl/α,β-unsaturated/α-hetero) is 1. The smallest absolute Gasteiger partial charge is 0.300 e. The van der Waals surface area contributed by atoms with Crippen molar-refractivity contribution in [3.63, 3.8) is 0 Å². The van der Waals surface area contributed by atoms with Crippen LogP contribution in [0.2, 0.25) is 0 Å². The number of nitrogens with one attached hydrogen (secondary N) is 2. The van der Waals surface area contributed by atoms with Crippen LogP contribution in [0.4, 0.5) is 11.4 Å². The molecule has 4 aromatic rings. The molecule has 1 aliphatic rings. The Balaban J connectivity index is 1.72. The van der Waals surface area contributed by atoms with E-state index < -0.39 is 17.7 Å². The number of hydrogen-bond donors (Lipinski definition) is 3. The molecule has 1 atom stereocenters. The first-order valence-electron chi connectivity index (χ1n) is 11.3. The molecule has 0 bridgehead atoms. The average molecular weight is 482 g/mol. The SMILES string of the molecule is COc1ccccc1C1/C(=C(\O)c2c[nH]c3ccccc23)C(=O)C(=O)N1c1ccc(NC(C)=O)cc1. The number of carbonyl (C=O) groups is 3. The summed E-state index contributed by atoms with van der Waals surface area (Å²) in [5.74, 6) is -1.62. The maximum atomic E-state index is 13.4. The van der Waals surface area contributed by atoms with Crippen molar-refractivity contribution < 1.29 is 24.2 Å². The number of para-hydroxylation sites is 2. The van der Waals surface area contributed by atoms with Crippen LogP contribution in [0, 0.1) is 0 Å². The van der Waals surface area contributed by atoms with Crippen LogP contribution in [0.15, 0.2) is 84.6 Å². The fraction of sp³-hybridized carbons (Fsp3) is 0.107. The molecule has 8 heteroatoms. The second kappa shape index (κ2) is 9.07. The van der Waals surface area contributed by atoms with E-state index in [1.165, 1.54) is 18.9 Å². The van der Waals surface area contributed by atoms with Gasteiger partial charge in [0.05, 0.1) is 18.7 Å². The Bertz CT molecular complexity index is 1530. The number of H-pyrrole nitrogens is 1. The zero-order chi connectivity index (χ0) is 25.4. The van der Waals surface area contributed by atoms with Gasteiger partial charge in [-0.25, -0.2) is 0 Å². The molecule has 1 saturated heterocycles. The van der Waals surface area contributed by atoms with Crippen LogP contribution in [-0.4, -0.2) is 34.8 Å². The highest BCUT2D eigenvalue weighted by Crippen LogP contribution is 2.45. The first-order chi connectivity index (χ1) is 17.4. The van der Waals surface area contributed by atoms with Gasteiger partial charge in [0.25, 0.3) is 11.7 Å². The van der Waals surface area contributed by atoms with Gasteiger partial charge in [-0.15, -0.1) is 0 Å². The van der Waals surface area contributed by atoms with Crippen LogP contribution >= 0.6 is 0 Å². The number of aliphatic hydroxyl groups excluding tert-OH is 1. The molecule has 1 aliphatic heterocycles. The summed E-state index contributed by atoms with van der Waals surface area (Å²) in [6.07, 6.45) is 1.62. The van der Waals surface area contributed by atoms with Gasteiger partial charge in [-0.3, -0.25) is 19.3 Å². The van der Waals surface area contributed by atoms with E-state index in [0.717, 1.165) is 10.9 Å². The molecule has 3 aromatic carbocycles. The summed E-state index contributed by atoms with van der Waals surface area (Å²) >= 11 is 0. The van der Waals surface area contributed by atoms with Gasteiger partial charge in [0.2, 0.25) is 5.91 Å². The summed E-state index contributed by atoms with van der Waals surface area (Å²) in [4.78, 5) is 42.7. The van der Waals surface area contributed by atoms with Crippen LogP contribution in [0.5, 0.6) is 5.75 Å². The molecule has 2 amide bonds. The van der Waals surface area contributed by atoms with E-state index in [0.29, 0.717) is 28.3 Å². The van der Waals surface area contributed by atoms with E-state index in [1.807, 2.05) is 24.3 Å². The number of carbonyl (C=O) groups excluding carboxylic acids is 3. The number of amides is 2. The fourth-order valence-electron chi connectivity index (χ4n) is 4.61. The third-order valence-electron chi connectivity index (χ3n) is 6.19. The molecule has 180 valence electrons. The Labute approximate surface area is 206 Å². The number of methoxy groups -OCH3 is 1. The minimum absolute atomic E-state index is 0.0415. The van der Waals surface area contributed by atoms with E-state index in [2.05, 4.69) is 10.3 Å². The lowest BCUT2D eigenvalue weighted by atomic mass is 9.94. The lowest BCUT2D eigenvalue weighted by molar-refractivity contribution is -0.132. The summed E-state index contributed by atoms with van der Waals surface area (Å²) in [5.41, 5.74) is 2.70. The molecule has 1 aromatic heterocycles. The first-order valence-corrected chi connectivity index (χ1v) is 11.3. The van der Waals surface area contributed by atoms with Crippen molar-refractivity contribution in [1.29, 1.82) is 0 Å². The summed E-state index contributed by atoms with van der Waals surface area (Å²) in [7, 11) is 1.51. The maximum Gasteiger partial charge on any atom is 0.300 e. The van der Waals surface area contributed by atoms with Gasteiger partial charge in [0.1, 0.15) is 11.5 Å².